The molecule has 0 unspecified atom stereocenters. The molecule has 2 heterocycles. The number of nitrogens with one attached hydrogen (secondary N) is 1. The third-order valence-electron chi connectivity index (χ3n) is 1.59. The smallest absolute Gasteiger partial charge is 0.281 e. The van der Waals surface area contributed by atoms with Crippen molar-refractivity contribution in [3.63, 3.8) is 0 Å². The van der Waals surface area contributed by atoms with Crippen molar-refractivity contribution < 1.29 is 4.42 Å². The number of pyridine rings is 1. The fraction of sp³-hybridized carbons (Fsp3) is 0.125. The van der Waals surface area contributed by atoms with Gasteiger partial charge in [0.25, 0.3) is 5.22 Å². The van der Waals surface area contributed by atoms with Gasteiger partial charge in [0.15, 0.2) is 0 Å². The molecule has 6 nitrogen and oxygen atoms in total. The summed E-state index contributed by atoms with van der Waals surface area (Å²) in [6.45, 7) is 1.75. The van der Waals surface area contributed by atoms with Crippen LogP contribution in [-0.4, -0.2) is 15.2 Å². The Kier molecular flexibility index (Phi) is 2.84. The topological polar surface area (TPSA) is 89.9 Å². The van der Waals surface area contributed by atoms with Crippen molar-refractivity contribution in [2.75, 3.05) is 5.43 Å². The molecular weight excluding hydrogens is 214 g/mol. The van der Waals surface area contributed by atoms with Crippen LogP contribution in [0.25, 0.3) is 0 Å². The van der Waals surface area contributed by atoms with Crippen LogP contribution in [-0.2, 0) is 0 Å². The second-order valence-electron chi connectivity index (χ2n) is 2.71. The van der Waals surface area contributed by atoms with Gasteiger partial charge in [0.05, 0.1) is 0 Å². The molecule has 0 atom stereocenters. The lowest BCUT2D eigenvalue weighted by Gasteiger charge is -2.00. The summed E-state index contributed by atoms with van der Waals surface area (Å²) in [5.74, 6) is 6.38. The molecule has 15 heavy (non-hydrogen) atoms. The van der Waals surface area contributed by atoms with Gasteiger partial charge in [0, 0.05) is 18.0 Å². The number of hydrazine groups is 1. The number of anilines is 1. The molecule has 0 aliphatic carbocycles. The normalized spacial score (nSPS) is 10.3. The molecule has 2 rings (SSSR count). The predicted molar refractivity (Wildman–Crippen MR) is 55.2 cm³/mol. The van der Waals surface area contributed by atoms with Gasteiger partial charge in [0.2, 0.25) is 5.89 Å². The largest absolute Gasteiger partial charge is 0.416 e. The van der Waals surface area contributed by atoms with Gasteiger partial charge in [-0.15, -0.1) is 10.2 Å². The molecule has 7 heteroatoms. The maximum atomic E-state index is 5.24. The lowest BCUT2D eigenvalue weighted by molar-refractivity contribution is 0.429. The van der Waals surface area contributed by atoms with E-state index in [9.17, 15) is 0 Å². The molecule has 2 aromatic heterocycles. The van der Waals surface area contributed by atoms with E-state index >= 15 is 0 Å². The van der Waals surface area contributed by atoms with Crippen molar-refractivity contribution in [2.45, 2.75) is 17.0 Å². The maximum absolute atomic E-state index is 5.24. The summed E-state index contributed by atoms with van der Waals surface area (Å²) in [4.78, 5) is 4.92. The third kappa shape index (κ3) is 2.45. The van der Waals surface area contributed by atoms with E-state index in [0.717, 1.165) is 4.90 Å². The van der Waals surface area contributed by atoms with Crippen LogP contribution in [0.4, 0.5) is 5.82 Å². The summed E-state index contributed by atoms with van der Waals surface area (Å²) >= 11 is 1.36. The molecule has 78 valence electrons. The van der Waals surface area contributed by atoms with Crippen LogP contribution in [0.5, 0.6) is 0 Å². The quantitative estimate of drug-likeness (QED) is 0.597. The number of aromatic nitrogens is 3. The maximum Gasteiger partial charge on any atom is 0.281 e. The van der Waals surface area contributed by atoms with Gasteiger partial charge in [-0.2, -0.15) is 0 Å². The molecule has 0 aromatic carbocycles. The van der Waals surface area contributed by atoms with Crippen LogP contribution in [0.1, 0.15) is 5.89 Å². The summed E-state index contributed by atoms with van der Waals surface area (Å²) in [6, 6.07) is 3.63. The van der Waals surface area contributed by atoms with Gasteiger partial charge in [-0.3, -0.25) is 0 Å². The Morgan fingerprint density at radius 2 is 2.33 bits per heavy atom. The minimum Gasteiger partial charge on any atom is -0.416 e. The first-order valence-corrected chi connectivity index (χ1v) is 5.00. The number of nitrogens with zero attached hydrogens (tertiary/aromatic N) is 3. The van der Waals surface area contributed by atoms with Gasteiger partial charge in [-0.1, -0.05) is 0 Å². The molecule has 0 saturated carbocycles. The molecule has 0 aliphatic heterocycles. The van der Waals surface area contributed by atoms with E-state index in [1.807, 2.05) is 6.07 Å². The second kappa shape index (κ2) is 4.28. The summed E-state index contributed by atoms with van der Waals surface area (Å²) in [5.41, 5.74) is 2.47. The van der Waals surface area contributed by atoms with Crippen molar-refractivity contribution in [2.24, 2.45) is 5.84 Å². The Morgan fingerprint density at radius 3 is 3.00 bits per heavy atom. The van der Waals surface area contributed by atoms with Crippen LogP contribution in [0, 0.1) is 6.92 Å². The van der Waals surface area contributed by atoms with E-state index in [4.69, 9.17) is 10.3 Å². The van der Waals surface area contributed by atoms with Crippen molar-refractivity contribution in [1.29, 1.82) is 0 Å². The lowest BCUT2D eigenvalue weighted by atomic mass is 10.5. The monoisotopic (exact) mass is 223 g/mol. The Bertz CT molecular complexity index is 458. The molecule has 0 bridgehead atoms. The Morgan fingerprint density at radius 1 is 1.47 bits per heavy atom. The summed E-state index contributed by atoms with van der Waals surface area (Å²) in [5, 5.41) is 8.10. The van der Waals surface area contributed by atoms with Gasteiger partial charge < -0.3 is 9.84 Å². The van der Waals surface area contributed by atoms with E-state index in [2.05, 4.69) is 20.6 Å². The van der Waals surface area contributed by atoms with Crippen LogP contribution in [0.15, 0.2) is 32.9 Å². The average Bonchev–Trinajstić information content (AvgIpc) is 2.64. The Balaban J connectivity index is 2.16. The first kappa shape index (κ1) is 9.94. The summed E-state index contributed by atoms with van der Waals surface area (Å²) in [7, 11) is 0. The molecule has 3 N–H and O–H groups in total. The van der Waals surface area contributed by atoms with Gasteiger partial charge in [0.1, 0.15) is 5.82 Å². The number of rotatable bonds is 3. The fourth-order valence-corrected chi connectivity index (χ4v) is 1.72. The number of hydrogen-bond donors (Lipinski definition) is 2. The Hall–Kier alpha value is -1.60. The fourth-order valence-electron chi connectivity index (χ4n) is 0.974. The highest BCUT2D eigenvalue weighted by Crippen LogP contribution is 2.26. The molecule has 0 amide bonds. The van der Waals surface area contributed by atoms with Crippen LogP contribution >= 0.6 is 11.8 Å². The highest BCUT2D eigenvalue weighted by molar-refractivity contribution is 7.99. The molecule has 2 aromatic rings. The van der Waals surface area contributed by atoms with Crippen molar-refractivity contribution in [3.8, 4) is 0 Å². The highest BCUT2D eigenvalue weighted by Gasteiger charge is 2.05. The lowest BCUT2D eigenvalue weighted by Crippen LogP contribution is -2.07. The number of aryl methyl sites for hydroxylation is 1. The minimum absolute atomic E-state index is 0.502. The van der Waals surface area contributed by atoms with Gasteiger partial charge in [-0.05, 0) is 23.9 Å². The summed E-state index contributed by atoms with van der Waals surface area (Å²) < 4.78 is 5.23. The van der Waals surface area contributed by atoms with E-state index in [1.165, 1.54) is 11.8 Å². The minimum atomic E-state index is 0.502. The highest BCUT2D eigenvalue weighted by atomic mass is 32.2. The van der Waals surface area contributed by atoms with E-state index in [0.29, 0.717) is 16.9 Å². The molecule has 0 saturated heterocycles. The van der Waals surface area contributed by atoms with Gasteiger partial charge in [-0.25, -0.2) is 10.8 Å². The predicted octanol–water partition coefficient (Wildman–Crippen LogP) is 1.21. The molecular formula is C8H9N5OS. The van der Waals surface area contributed by atoms with E-state index < -0.39 is 0 Å². The first-order chi connectivity index (χ1) is 7.28. The van der Waals surface area contributed by atoms with Crippen molar-refractivity contribution >= 4 is 17.6 Å². The standard InChI is InChI=1S/C8H9N5OS/c1-5-12-13-8(14-5)15-6-2-3-10-7(4-6)11-9/h2-4H,9H2,1H3,(H,10,11). The second-order valence-corrected chi connectivity index (χ2v) is 3.73. The number of nitrogens with two attached hydrogens (primary N) is 1. The zero-order valence-corrected chi connectivity index (χ0v) is 8.78. The number of hydrogen-bond acceptors (Lipinski definition) is 7. The Labute approximate surface area is 90.3 Å². The van der Waals surface area contributed by atoms with E-state index in [1.54, 1.807) is 19.2 Å². The first-order valence-electron chi connectivity index (χ1n) is 4.18. The number of nitrogen functional groups attached to an aromatic ring is 1. The van der Waals surface area contributed by atoms with Crippen molar-refractivity contribution in [1.82, 2.24) is 15.2 Å². The molecule has 0 radical (unpaired) electrons. The van der Waals surface area contributed by atoms with Crippen LogP contribution in [0.3, 0.4) is 0 Å². The third-order valence-corrected chi connectivity index (χ3v) is 2.42. The van der Waals surface area contributed by atoms with Gasteiger partial charge >= 0.3 is 0 Å². The molecule has 0 aliphatic rings. The molecule has 0 fully saturated rings. The summed E-state index contributed by atoms with van der Waals surface area (Å²) in [6.07, 6.45) is 1.65. The average molecular weight is 223 g/mol. The van der Waals surface area contributed by atoms with Crippen LogP contribution in [0.2, 0.25) is 0 Å². The van der Waals surface area contributed by atoms with Crippen LogP contribution < -0.4 is 11.3 Å². The van der Waals surface area contributed by atoms with E-state index in [-0.39, 0.29) is 0 Å². The SMILES string of the molecule is Cc1nnc(Sc2ccnc(NN)c2)o1. The zero-order valence-electron chi connectivity index (χ0n) is 7.97. The molecule has 0 spiro atoms. The zero-order chi connectivity index (χ0) is 10.7. The van der Waals surface area contributed by atoms with Crippen molar-refractivity contribution in [3.05, 3.63) is 24.2 Å².